The zero-order valence-corrected chi connectivity index (χ0v) is 12.0. The molecule has 0 aliphatic heterocycles. The summed E-state index contributed by atoms with van der Waals surface area (Å²) >= 11 is 0. The summed E-state index contributed by atoms with van der Waals surface area (Å²) in [6.45, 7) is 9.78. The van der Waals surface area contributed by atoms with Crippen molar-refractivity contribution in [1.82, 2.24) is 0 Å². The first-order valence-corrected chi connectivity index (χ1v) is 6.29. The Bertz CT molecular complexity index is 175. The third-order valence-electron chi connectivity index (χ3n) is 2.01. The maximum absolute atomic E-state index is 8.42. The molecule has 0 fully saturated rings. The van der Waals surface area contributed by atoms with Crippen LogP contribution in [0.2, 0.25) is 0 Å². The van der Waals surface area contributed by atoms with Gasteiger partial charge in [0, 0.05) is 0 Å². The standard InChI is InChI=1S/C9H18N2.ClH.H4NO2P/c1-8(2)11(9(3)4)7-5-6-10;;1-4(2)3/h8-9H,5,7H2,1-4H3;1H;2-3H,1H2. The van der Waals surface area contributed by atoms with Crippen LogP contribution in [0.25, 0.3) is 0 Å². The van der Waals surface area contributed by atoms with Crippen molar-refractivity contribution < 1.29 is 27.1 Å². The lowest BCUT2D eigenvalue weighted by atomic mass is 10.2. The summed E-state index contributed by atoms with van der Waals surface area (Å²) in [5, 5.41) is 8.42. The Labute approximate surface area is 106 Å². The fraction of sp³-hybridized carbons (Fsp3) is 0.889. The largest absolute Gasteiger partial charge is 1.00 e. The van der Waals surface area contributed by atoms with Crippen molar-refractivity contribution in [2.24, 2.45) is 5.50 Å². The Morgan fingerprint density at radius 1 is 1.25 bits per heavy atom. The maximum atomic E-state index is 8.42. The van der Waals surface area contributed by atoms with Crippen molar-refractivity contribution in [3.63, 3.8) is 0 Å². The van der Waals surface area contributed by atoms with E-state index in [-0.39, 0.29) is 12.4 Å². The van der Waals surface area contributed by atoms with E-state index in [4.69, 9.17) is 15.0 Å². The highest BCUT2D eigenvalue weighted by Crippen LogP contribution is 2.05. The van der Waals surface area contributed by atoms with Gasteiger partial charge >= 0.3 is 0 Å². The number of nitriles is 1. The number of nitrogens with two attached hydrogens (primary N) is 1. The molecule has 0 spiro atoms. The average molecular weight is 272 g/mol. The van der Waals surface area contributed by atoms with Crippen LogP contribution in [0.1, 0.15) is 34.1 Å². The Kier molecular flexibility index (Phi) is 17.5. The number of halogens is 1. The predicted octanol–water partition coefficient (Wildman–Crippen LogP) is -3.24. The fourth-order valence-electron chi connectivity index (χ4n) is 1.44. The molecule has 0 rings (SSSR count). The summed E-state index contributed by atoms with van der Waals surface area (Å²) in [7, 11) is -2.12. The minimum Gasteiger partial charge on any atom is -1.00 e. The van der Waals surface area contributed by atoms with E-state index >= 15 is 0 Å². The van der Waals surface area contributed by atoms with E-state index in [1.165, 1.54) is 4.90 Å². The summed E-state index contributed by atoms with van der Waals surface area (Å²) in [4.78, 5) is 16.4. The summed E-state index contributed by atoms with van der Waals surface area (Å²) in [5.74, 6) is 0. The molecule has 98 valence electrons. The molecule has 0 radical (unpaired) electrons. The molecular weight excluding hydrogens is 249 g/mol. The van der Waals surface area contributed by atoms with E-state index in [9.17, 15) is 0 Å². The molecule has 5 N–H and O–H groups in total. The molecule has 0 aromatic heterocycles. The van der Waals surface area contributed by atoms with Gasteiger partial charge in [0.15, 0.2) is 0 Å². The third kappa shape index (κ3) is 16.5. The number of nitrogens with one attached hydrogen (secondary N) is 1. The lowest BCUT2D eigenvalue weighted by Crippen LogP contribution is -3.17. The molecule has 0 aliphatic carbocycles. The van der Waals surface area contributed by atoms with E-state index in [0.717, 1.165) is 6.54 Å². The quantitative estimate of drug-likeness (QED) is 0.404. The van der Waals surface area contributed by atoms with Gasteiger partial charge < -0.3 is 27.1 Å². The maximum Gasteiger partial charge on any atom is 0.247 e. The second-order valence-corrected chi connectivity index (χ2v) is 4.50. The molecule has 0 unspecified atom stereocenters. The van der Waals surface area contributed by atoms with Crippen LogP contribution < -0.4 is 22.8 Å². The Hall–Kier alpha value is 0.0500. The first-order valence-electron chi connectivity index (χ1n) is 4.98. The first kappa shape index (κ1) is 21.3. The number of quaternary nitrogens is 1. The fourth-order valence-corrected chi connectivity index (χ4v) is 1.44. The van der Waals surface area contributed by atoms with Crippen LogP contribution in [0.15, 0.2) is 0 Å². The van der Waals surface area contributed by atoms with Gasteiger partial charge in [-0.2, -0.15) is 5.26 Å². The van der Waals surface area contributed by atoms with Crippen LogP contribution in [0.3, 0.4) is 0 Å². The predicted molar refractivity (Wildman–Crippen MR) is 61.9 cm³/mol. The number of hydrogen-bond acceptors (Lipinski definition) is 4. The molecule has 0 aromatic carbocycles. The Balaban J connectivity index is -0.000000292. The molecule has 5 nitrogen and oxygen atoms in total. The molecular formula is C9H23ClN3O2P. The topological polar surface area (TPSA) is 94.7 Å². The van der Waals surface area contributed by atoms with Crippen LogP contribution in [0.4, 0.5) is 0 Å². The van der Waals surface area contributed by atoms with Crippen molar-refractivity contribution in [3.8, 4) is 6.07 Å². The van der Waals surface area contributed by atoms with Crippen molar-refractivity contribution >= 4 is 8.53 Å². The highest BCUT2D eigenvalue weighted by atomic mass is 35.5. The summed E-state index contributed by atoms with van der Waals surface area (Å²) < 4.78 is 0. The van der Waals surface area contributed by atoms with Gasteiger partial charge in [0.2, 0.25) is 8.53 Å². The Morgan fingerprint density at radius 3 is 1.75 bits per heavy atom. The molecule has 0 saturated heterocycles. The number of nitrogens with zero attached hydrogens (tertiary/aromatic N) is 1. The summed E-state index contributed by atoms with van der Waals surface area (Å²) in [6, 6.07) is 3.44. The summed E-state index contributed by atoms with van der Waals surface area (Å²) in [5.41, 5.74) is 4.29. The Morgan fingerprint density at radius 2 is 1.56 bits per heavy atom. The smallest absolute Gasteiger partial charge is 0.247 e. The second-order valence-electron chi connectivity index (χ2n) is 3.86. The highest BCUT2D eigenvalue weighted by Gasteiger charge is 2.15. The molecule has 0 saturated carbocycles. The SMILES string of the molecule is CC(C)[NH+](CCC#N)C(C)C.NP(O)O.[Cl-]. The molecule has 7 heteroatoms. The van der Waals surface area contributed by atoms with Gasteiger partial charge in [-0.25, -0.2) is 0 Å². The minimum atomic E-state index is -2.12. The van der Waals surface area contributed by atoms with Gasteiger partial charge in [0.05, 0.1) is 31.1 Å². The van der Waals surface area contributed by atoms with Crippen LogP contribution in [-0.4, -0.2) is 28.4 Å². The van der Waals surface area contributed by atoms with Gasteiger partial charge in [-0.05, 0) is 27.7 Å². The average Bonchev–Trinajstić information content (AvgIpc) is 2.02. The normalized spacial score (nSPS) is 9.88. The van der Waals surface area contributed by atoms with Crippen molar-refractivity contribution in [2.75, 3.05) is 6.54 Å². The monoisotopic (exact) mass is 271 g/mol. The zero-order valence-electron chi connectivity index (χ0n) is 10.3. The lowest BCUT2D eigenvalue weighted by Gasteiger charge is -2.26. The molecule has 0 aliphatic rings. The zero-order chi connectivity index (χ0) is 12.4. The highest BCUT2D eigenvalue weighted by molar-refractivity contribution is 7.42. The van der Waals surface area contributed by atoms with Gasteiger partial charge in [-0.15, -0.1) is 0 Å². The third-order valence-corrected chi connectivity index (χ3v) is 2.01. The summed E-state index contributed by atoms with van der Waals surface area (Å²) in [6.07, 6.45) is 0.672. The molecule has 16 heavy (non-hydrogen) atoms. The lowest BCUT2D eigenvalue weighted by molar-refractivity contribution is -0.941. The van der Waals surface area contributed by atoms with Crippen LogP contribution in [-0.2, 0) is 0 Å². The molecule has 0 aromatic rings. The number of hydrogen-bond donors (Lipinski definition) is 4. The molecule has 0 atom stereocenters. The van der Waals surface area contributed by atoms with Crippen molar-refractivity contribution in [1.29, 1.82) is 5.26 Å². The van der Waals surface area contributed by atoms with Gasteiger partial charge in [0.1, 0.15) is 0 Å². The number of rotatable bonds is 4. The molecule has 0 bridgehead atoms. The van der Waals surface area contributed by atoms with Gasteiger partial charge in [-0.1, -0.05) is 0 Å². The van der Waals surface area contributed by atoms with Gasteiger partial charge in [-0.3, -0.25) is 5.50 Å². The second kappa shape index (κ2) is 13.1. The molecule has 0 amide bonds. The van der Waals surface area contributed by atoms with E-state index in [1.54, 1.807) is 0 Å². The van der Waals surface area contributed by atoms with Crippen molar-refractivity contribution in [2.45, 2.75) is 46.2 Å². The van der Waals surface area contributed by atoms with Crippen LogP contribution in [0, 0.1) is 11.3 Å². The minimum absolute atomic E-state index is 0. The van der Waals surface area contributed by atoms with E-state index in [0.29, 0.717) is 18.5 Å². The van der Waals surface area contributed by atoms with Crippen LogP contribution in [0.5, 0.6) is 0 Å². The van der Waals surface area contributed by atoms with Crippen LogP contribution >= 0.6 is 8.53 Å². The van der Waals surface area contributed by atoms with Crippen molar-refractivity contribution in [3.05, 3.63) is 0 Å². The van der Waals surface area contributed by atoms with E-state index < -0.39 is 8.53 Å². The van der Waals surface area contributed by atoms with E-state index in [2.05, 4.69) is 39.3 Å². The van der Waals surface area contributed by atoms with Gasteiger partial charge in [0.25, 0.3) is 0 Å². The van der Waals surface area contributed by atoms with E-state index in [1.807, 2.05) is 0 Å². The first-order chi connectivity index (χ1) is 6.82. The molecule has 0 heterocycles.